The fraction of sp³-hybridized carbons (Fsp3) is 0.300. The second kappa shape index (κ2) is 5.07. The molecule has 0 saturated carbocycles. The highest BCUT2D eigenvalue weighted by molar-refractivity contribution is 7.92. The van der Waals surface area contributed by atoms with E-state index in [1.807, 2.05) is 0 Å². The van der Waals surface area contributed by atoms with Crippen LogP contribution in [0.5, 0.6) is 0 Å². The molecule has 0 aliphatic carbocycles. The van der Waals surface area contributed by atoms with E-state index in [1.165, 1.54) is 25.1 Å². The van der Waals surface area contributed by atoms with Crippen LogP contribution in [0, 0.1) is 5.82 Å². The summed E-state index contributed by atoms with van der Waals surface area (Å²) in [6.07, 6.45) is 0. The molecule has 0 aromatic heterocycles. The minimum absolute atomic E-state index is 0.0542. The average molecular weight is 245 g/mol. The van der Waals surface area contributed by atoms with Gasteiger partial charge in [-0.2, -0.15) is 0 Å². The number of halogens is 1. The lowest BCUT2D eigenvalue weighted by Crippen LogP contribution is -2.18. The number of rotatable bonds is 4. The highest BCUT2D eigenvalue weighted by Gasteiger charge is 2.15. The molecule has 1 rings (SSSR count). The van der Waals surface area contributed by atoms with Crippen LogP contribution in [0.3, 0.4) is 0 Å². The van der Waals surface area contributed by atoms with Gasteiger partial charge in [0.2, 0.25) is 0 Å². The van der Waals surface area contributed by atoms with Crippen molar-refractivity contribution < 1.29 is 18.0 Å². The van der Waals surface area contributed by atoms with Crippen LogP contribution in [-0.2, 0) is 9.84 Å². The zero-order chi connectivity index (χ0) is 12.2. The molecule has 88 valence electrons. The van der Waals surface area contributed by atoms with E-state index >= 15 is 0 Å². The van der Waals surface area contributed by atoms with Crippen molar-refractivity contribution in [2.24, 2.45) is 5.16 Å². The zero-order valence-corrected chi connectivity index (χ0v) is 9.54. The normalized spacial score (nSPS) is 12.8. The summed E-state index contributed by atoms with van der Waals surface area (Å²) in [5, 5.41) is 11.6. The quantitative estimate of drug-likeness (QED) is 0.496. The van der Waals surface area contributed by atoms with Crippen molar-refractivity contribution in [1.29, 1.82) is 0 Å². The van der Waals surface area contributed by atoms with Gasteiger partial charge in [-0.05, 0) is 12.1 Å². The Hall–Kier alpha value is -1.43. The van der Waals surface area contributed by atoms with Crippen molar-refractivity contribution >= 4 is 15.5 Å². The summed E-state index contributed by atoms with van der Waals surface area (Å²) < 4.78 is 35.6. The third-order valence-corrected chi connectivity index (χ3v) is 3.67. The first-order valence-electron chi connectivity index (χ1n) is 4.66. The van der Waals surface area contributed by atoms with Gasteiger partial charge in [-0.1, -0.05) is 24.2 Å². The van der Waals surface area contributed by atoms with Crippen molar-refractivity contribution in [2.75, 3.05) is 11.5 Å². The van der Waals surface area contributed by atoms with E-state index < -0.39 is 21.4 Å². The lowest BCUT2D eigenvalue weighted by Gasteiger charge is -2.04. The molecule has 0 unspecified atom stereocenters. The van der Waals surface area contributed by atoms with Gasteiger partial charge in [-0.15, -0.1) is 0 Å². The molecule has 0 fully saturated rings. The average Bonchev–Trinajstić information content (AvgIpc) is 2.26. The molecular weight excluding hydrogens is 233 g/mol. The summed E-state index contributed by atoms with van der Waals surface area (Å²) in [6.45, 7) is 1.50. The van der Waals surface area contributed by atoms with Gasteiger partial charge >= 0.3 is 0 Å². The molecular formula is C10H12FNO3S. The maximum Gasteiger partial charge on any atom is 0.155 e. The lowest BCUT2D eigenvalue weighted by molar-refractivity contribution is 0.319. The fourth-order valence-electron chi connectivity index (χ4n) is 1.15. The van der Waals surface area contributed by atoms with Gasteiger partial charge in [-0.3, -0.25) is 0 Å². The zero-order valence-electron chi connectivity index (χ0n) is 8.72. The minimum atomic E-state index is -3.31. The Kier molecular flexibility index (Phi) is 4.00. The Morgan fingerprint density at radius 3 is 2.69 bits per heavy atom. The highest BCUT2D eigenvalue weighted by atomic mass is 32.2. The molecule has 16 heavy (non-hydrogen) atoms. The Morgan fingerprint density at radius 1 is 1.50 bits per heavy atom. The molecule has 0 saturated heterocycles. The van der Waals surface area contributed by atoms with Crippen LogP contribution in [0.1, 0.15) is 12.5 Å². The Bertz CT molecular complexity index is 497. The maximum atomic E-state index is 12.9. The SMILES string of the molecule is CCS(=O)(=O)C/C(=N\O)c1cccc(F)c1. The molecule has 6 heteroatoms. The van der Waals surface area contributed by atoms with Crippen LogP contribution < -0.4 is 0 Å². The molecule has 0 aliphatic heterocycles. The van der Waals surface area contributed by atoms with E-state index in [-0.39, 0.29) is 17.0 Å². The second-order valence-corrected chi connectivity index (χ2v) is 5.59. The molecule has 0 radical (unpaired) electrons. The number of sulfone groups is 1. The third-order valence-electron chi connectivity index (χ3n) is 2.08. The van der Waals surface area contributed by atoms with E-state index in [2.05, 4.69) is 5.16 Å². The van der Waals surface area contributed by atoms with Crippen molar-refractivity contribution in [3.63, 3.8) is 0 Å². The van der Waals surface area contributed by atoms with Gasteiger partial charge in [0.05, 0.1) is 5.75 Å². The Balaban J connectivity index is 3.02. The summed E-state index contributed by atoms with van der Waals surface area (Å²) in [4.78, 5) is 0. The lowest BCUT2D eigenvalue weighted by atomic mass is 10.1. The van der Waals surface area contributed by atoms with Gasteiger partial charge in [-0.25, -0.2) is 12.8 Å². The van der Waals surface area contributed by atoms with Crippen LogP contribution in [0.2, 0.25) is 0 Å². The van der Waals surface area contributed by atoms with E-state index in [0.29, 0.717) is 0 Å². The summed E-state index contributed by atoms with van der Waals surface area (Å²) in [5.74, 6) is -0.960. The van der Waals surface area contributed by atoms with Gasteiger partial charge in [0.25, 0.3) is 0 Å². The Labute approximate surface area is 93.3 Å². The first kappa shape index (κ1) is 12.6. The van der Waals surface area contributed by atoms with Crippen LogP contribution in [-0.4, -0.2) is 30.8 Å². The summed E-state index contributed by atoms with van der Waals surface area (Å²) >= 11 is 0. The second-order valence-electron chi connectivity index (χ2n) is 3.23. The van der Waals surface area contributed by atoms with Crippen LogP contribution in [0.25, 0.3) is 0 Å². The number of nitrogens with zero attached hydrogens (tertiary/aromatic N) is 1. The maximum absolute atomic E-state index is 12.9. The molecule has 0 aliphatic rings. The molecule has 0 heterocycles. The fourth-order valence-corrected chi connectivity index (χ4v) is 1.99. The highest BCUT2D eigenvalue weighted by Crippen LogP contribution is 2.07. The van der Waals surface area contributed by atoms with Crippen LogP contribution in [0.4, 0.5) is 4.39 Å². The standard InChI is InChI=1S/C10H12FNO3S/c1-2-16(14,15)7-10(12-13)8-4-3-5-9(11)6-8/h3-6,13H,2,7H2,1H3/b12-10+. The molecule has 0 bridgehead atoms. The minimum Gasteiger partial charge on any atom is -0.411 e. The van der Waals surface area contributed by atoms with Gasteiger partial charge in [0.15, 0.2) is 9.84 Å². The van der Waals surface area contributed by atoms with Crippen LogP contribution >= 0.6 is 0 Å². The number of oxime groups is 1. The molecule has 1 aromatic carbocycles. The summed E-state index contributed by atoms with van der Waals surface area (Å²) in [6, 6.07) is 5.27. The van der Waals surface area contributed by atoms with E-state index in [1.54, 1.807) is 0 Å². The van der Waals surface area contributed by atoms with Crippen molar-refractivity contribution in [3.8, 4) is 0 Å². The van der Waals surface area contributed by atoms with E-state index in [4.69, 9.17) is 5.21 Å². The van der Waals surface area contributed by atoms with Gasteiger partial charge < -0.3 is 5.21 Å². The largest absolute Gasteiger partial charge is 0.411 e. The Morgan fingerprint density at radius 2 is 2.19 bits per heavy atom. The molecule has 4 nitrogen and oxygen atoms in total. The predicted octanol–water partition coefficient (Wildman–Crippen LogP) is 1.44. The smallest absolute Gasteiger partial charge is 0.155 e. The molecule has 1 aromatic rings. The first-order valence-corrected chi connectivity index (χ1v) is 6.48. The summed E-state index contributed by atoms with van der Waals surface area (Å²) in [7, 11) is -3.31. The van der Waals surface area contributed by atoms with Gasteiger partial charge in [0, 0.05) is 11.3 Å². The summed E-state index contributed by atoms with van der Waals surface area (Å²) in [5.41, 5.74) is 0.209. The monoisotopic (exact) mass is 245 g/mol. The molecule has 0 atom stereocenters. The molecule has 1 N–H and O–H groups in total. The topological polar surface area (TPSA) is 66.7 Å². The van der Waals surface area contributed by atoms with Crippen molar-refractivity contribution in [2.45, 2.75) is 6.92 Å². The van der Waals surface area contributed by atoms with Crippen molar-refractivity contribution in [1.82, 2.24) is 0 Å². The van der Waals surface area contributed by atoms with E-state index in [0.717, 1.165) is 6.07 Å². The molecule has 0 spiro atoms. The molecule has 0 amide bonds. The third kappa shape index (κ3) is 3.30. The van der Waals surface area contributed by atoms with Crippen LogP contribution in [0.15, 0.2) is 29.4 Å². The predicted molar refractivity (Wildman–Crippen MR) is 59.1 cm³/mol. The first-order chi connectivity index (χ1) is 7.48. The van der Waals surface area contributed by atoms with Crippen molar-refractivity contribution in [3.05, 3.63) is 35.6 Å². The van der Waals surface area contributed by atoms with Gasteiger partial charge in [0.1, 0.15) is 11.5 Å². The number of hydrogen-bond donors (Lipinski definition) is 1. The van der Waals surface area contributed by atoms with E-state index in [9.17, 15) is 12.8 Å². The number of benzene rings is 1. The number of hydrogen-bond acceptors (Lipinski definition) is 4.